The van der Waals surface area contributed by atoms with Gasteiger partial charge in [-0.05, 0) is 46.7 Å². The average molecular weight is 469 g/mol. The van der Waals surface area contributed by atoms with E-state index in [9.17, 15) is 19.5 Å². The van der Waals surface area contributed by atoms with Crippen LogP contribution < -0.4 is 5.32 Å². The second-order valence-corrected chi connectivity index (χ2v) is 9.40. The van der Waals surface area contributed by atoms with E-state index in [0.717, 1.165) is 22.3 Å². The fourth-order valence-electron chi connectivity index (χ4n) is 5.54. The maximum Gasteiger partial charge on any atom is 0.411 e. The summed E-state index contributed by atoms with van der Waals surface area (Å²) < 4.78 is 5.59. The number of nitrogens with one attached hydrogen (secondary N) is 1. The van der Waals surface area contributed by atoms with E-state index in [1.165, 1.54) is 11.1 Å². The summed E-state index contributed by atoms with van der Waals surface area (Å²) in [7, 11) is 0. The number of rotatable bonds is 5. The number of amides is 2. The van der Waals surface area contributed by atoms with Crippen molar-refractivity contribution in [2.75, 3.05) is 25.0 Å². The van der Waals surface area contributed by atoms with Gasteiger partial charge < -0.3 is 14.7 Å². The van der Waals surface area contributed by atoms with E-state index in [0.29, 0.717) is 13.0 Å². The number of nitrogens with zero attached hydrogens (tertiary/aromatic N) is 2. The Bertz CT molecular complexity index is 1330. The molecule has 2 atom stereocenters. The Hall–Kier alpha value is -4.20. The second kappa shape index (κ2) is 7.94. The lowest BCUT2D eigenvalue weighted by molar-refractivity contribution is -0.143. The topological polar surface area (TPSA) is 109 Å². The Labute approximate surface area is 201 Å². The standard InChI is InChI=1S/C27H23N3O5/c31-24(30-13-16-12-27(16,15-30)25(32)33)23-22(10-5-11-28-23)29-26(34)35-14-21-19-8-3-1-6-17(19)18-7-2-4-9-20(18)21/h1-11,16,21H,12-15H2,(H,29,34)(H,32,33). The van der Waals surface area contributed by atoms with E-state index in [4.69, 9.17) is 4.74 Å². The van der Waals surface area contributed by atoms with Crippen LogP contribution in [-0.2, 0) is 9.53 Å². The summed E-state index contributed by atoms with van der Waals surface area (Å²) in [5, 5.41) is 12.2. The summed E-state index contributed by atoms with van der Waals surface area (Å²) in [6.07, 6.45) is 1.39. The molecule has 1 saturated carbocycles. The van der Waals surface area contributed by atoms with Crippen LogP contribution in [0.1, 0.15) is 34.0 Å². The number of hydrogen-bond acceptors (Lipinski definition) is 5. The van der Waals surface area contributed by atoms with Gasteiger partial charge in [0.25, 0.3) is 5.91 Å². The molecule has 0 radical (unpaired) electrons. The molecule has 8 heteroatoms. The molecule has 8 nitrogen and oxygen atoms in total. The molecule has 2 amide bonds. The maximum absolute atomic E-state index is 13.1. The van der Waals surface area contributed by atoms with Gasteiger partial charge in [0.1, 0.15) is 6.61 Å². The molecule has 3 aliphatic rings. The summed E-state index contributed by atoms with van der Waals surface area (Å²) in [5.74, 6) is -1.36. The van der Waals surface area contributed by atoms with E-state index in [-0.39, 0.29) is 36.4 Å². The Morgan fingerprint density at radius 1 is 1.03 bits per heavy atom. The van der Waals surface area contributed by atoms with Crippen LogP contribution >= 0.6 is 0 Å². The first kappa shape index (κ1) is 21.3. The molecule has 176 valence electrons. The zero-order valence-electron chi connectivity index (χ0n) is 18.8. The lowest BCUT2D eigenvalue weighted by Gasteiger charge is -2.20. The fraction of sp³-hybridized carbons (Fsp3) is 0.259. The number of anilines is 1. The lowest BCUT2D eigenvalue weighted by atomic mass is 9.98. The van der Waals surface area contributed by atoms with Gasteiger partial charge in [0.15, 0.2) is 5.69 Å². The van der Waals surface area contributed by atoms with E-state index >= 15 is 0 Å². The largest absolute Gasteiger partial charge is 0.481 e. The molecule has 1 aromatic heterocycles. The molecule has 2 aromatic carbocycles. The van der Waals surface area contributed by atoms with Crippen molar-refractivity contribution >= 4 is 23.7 Å². The molecule has 2 unspecified atom stereocenters. The first-order valence-corrected chi connectivity index (χ1v) is 11.6. The van der Waals surface area contributed by atoms with Crippen molar-refractivity contribution in [3.05, 3.63) is 83.7 Å². The number of carboxylic acids is 1. The van der Waals surface area contributed by atoms with Gasteiger partial charge in [0.05, 0.1) is 11.1 Å². The highest BCUT2D eigenvalue weighted by Crippen LogP contribution is 2.58. The zero-order chi connectivity index (χ0) is 24.2. The quantitative estimate of drug-likeness (QED) is 0.585. The van der Waals surface area contributed by atoms with Gasteiger partial charge in [0.2, 0.25) is 0 Å². The van der Waals surface area contributed by atoms with Crippen molar-refractivity contribution in [2.45, 2.75) is 12.3 Å². The van der Waals surface area contributed by atoms with Crippen molar-refractivity contribution in [3.8, 4) is 11.1 Å². The number of pyridine rings is 1. The van der Waals surface area contributed by atoms with Crippen molar-refractivity contribution in [1.29, 1.82) is 0 Å². The van der Waals surface area contributed by atoms with Crippen LogP contribution in [0.25, 0.3) is 11.1 Å². The van der Waals surface area contributed by atoms with Crippen molar-refractivity contribution in [1.82, 2.24) is 9.88 Å². The SMILES string of the molecule is O=C(Nc1cccnc1C(=O)N1CC2CC2(C(=O)O)C1)OCC1c2ccccc2-c2ccccc21. The summed E-state index contributed by atoms with van der Waals surface area (Å²) in [4.78, 5) is 43.1. The molecule has 1 saturated heterocycles. The summed E-state index contributed by atoms with van der Waals surface area (Å²) in [6, 6.07) is 19.4. The third kappa shape index (κ3) is 3.44. The third-order valence-corrected chi connectivity index (χ3v) is 7.45. The maximum atomic E-state index is 13.1. The minimum Gasteiger partial charge on any atom is -0.481 e. The molecule has 2 fully saturated rings. The molecule has 6 rings (SSSR count). The molecule has 0 spiro atoms. The van der Waals surface area contributed by atoms with E-state index in [2.05, 4.69) is 22.4 Å². The molecular weight excluding hydrogens is 446 g/mol. The number of fused-ring (bicyclic) bond motifs is 4. The normalized spacial score (nSPS) is 21.6. The highest BCUT2D eigenvalue weighted by Gasteiger charge is 2.66. The number of piperidine rings is 1. The molecule has 3 aromatic rings. The van der Waals surface area contributed by atoms with Crippen LogP contribution in [-0.4, -0.2) is 52.7 Å². The van der Waals surface area contributed by atoms with Gasteiger partial charge in [-0.15, -0.1) is 0 Å². The minimum atomic E-state index is -0.865. The van der Waals surface area contributed by atoms with E-state index in [1.54, 1.807) is 12.1 Å². The number of hydrogen-bond donors (Lipinski definition) is 2. The first-order chi connectivity index (χ1) is 17.0. The van der Waals surface area contributed by atoms with Gasteiger partial charge in [-0.1, -0.05) is 48.5 Å². The molecule has 2 N–H and O–H groups in total. The monoisotopic (exact) mass is 469 g/mol. The van der Waals surface area contributed by atoms with Gasteiger partial charge >= 0.3 is 12.1 Å². The minimum absolute atomic E-state index is 0.0220. The van der Waals surface area contributed by atoms with Crippen LogP contribution in [0.15, 0.2) is 66.9 Å². The van der Waals surface area contributed by atoms with Crippen molar-refractivity contribution in [3.63, 3.8) is 0 Å². The Kier molecular flexibility index (Phi) is 4.84. The Morgan fingerprint density at radius 2 is 1.71 bits per heavy atom. The van der Waals surface area contributed by atoms with Gasteiger partial charge in [-0.3, -0.25) is 14.9 Å². The van der Waals surface area contributed by atoms with Crippen LogP contribution in [0, 0.1) is 11.3 Å². The van der Waals surface area contributed by atoms with Crippen molar-refractivity contribution < 1.29 is 24.2 Å². The number of aliphatic carboxylic acids is 1. The molecule has 2 aliphatic carbocycles. The molecule has 0 bridgehead atoms. The third-order valence-electron chi connectivity index (χ3n) is 7.45. The van der Waals surface area contributed by atoms with E-state index in [1.807, 2.05) is 36.4 Å². The van der Waals surface area contributed by atoms with Crippen LogP contribution in [0.5, 0.6) is 0 Å². The van der Waals surface area contributed by atoms with E-state index < -0.39 is 23.4 Å². The lowest BCUT2D eigenvalue weighted by Crippen LogP contribution is -2.35. The zero-order valence-corrected chi connectivity index (χ0v) is 18.8. The summed E-state index contributed by atoms with van der Waals surface area (Å²) >= 11 is 0. The second-order valence-electron chi connectivity index (χ2n) is 9.40. The predicted octanol–water partition coefficient (Wildman–Crippen LogP) is 3.99. The number of aromatic nitrogens is 1. The Morgan fingerprint density at radius 3 is 2.37 bits per heavy atom. The molecule has 2 heterocycles. The highest BCUT2D eigenvalue weighted by molar-refractivity contribution is 6.01. The average Bonchev–Trinajstić information content (AvgIpc) is 3.30. The molecule has 35 heavy (non-hydrogen) atoms. The number of benzene rings is 2. The summed E-state index contributed by atoms with van der Waals surface area (Å²) in [5.41, 5.74) is 3.98. The van der Waals surface area contributed by atoms with Gasteiger partial charge in [-0.25, -0.2) is 9.78 Å². The van der Waals surface area contributed by atoms with Crippen LogP contribution in [0.2, 0.25) is 0 Å². The number of carbonyl (C=O) groups is 3. The van der Waals surface area contributed by atoms with Gasteiger partial charge in [-0.2, -0.15) is 0 Å². The first-order valence-electron chi connectivity index (χ1n) is 11.6. The molecule has 1 aliphatic heterocycles. The highest BCUT2D eigenvalue weighted by atomic mass is 16.5. The van der Waals surface area contributed by atoms with Crippen molar-refractivity contribution in [2.24, 2.45) is 11.3 Å². The number of likely N-dealkylation sites (tertiary alicyclic amines) is 1. The number of carbonyl (C=O) groups excluding carboxylic acids is 2. The predicted molar refractivity (Wildman–Crippen MR) is 127 cm³/mol. The van der Waals surface area contributed by atoms with Crippen LogP contribution in [0.3, 0.4) is 0 Å². The number of ether oxygens (including phenoxy) is 1. The smallest absolute Gasteiger partial charge is 0.411 e. The summed E-state index contributed by atoms with van der Waals surface area (Å²) in [6.45, 7) is 0.692. The van der Waals surface area contributed by atoms with Crippen LogP contribution in [0.4, 0.5) is 10.5 Å². The number of carboxylic acid groups (broad SMARTS) is 1. The Balaban J connectivity index is 1.15. The van der Waals surface area contributed by atoms with Gasteiger partial charge in [0, 0.05) is 25.2 Å². The fourth-order valence-corrected chi connectivity index (χ4v) is 5.54. The molecular formula is C27H23N3O5.